The Morgan fingerprint density at radius 2 is 1.71 bits per heavy atom. The second-order valence-electron chi connectivity index (χ2n) is 3.67. The molecule has 6 heteroatoms. The van der Waals surface area contributed by atoms with E-state index >= 15 is 0 Å². The van der Waals surface area contributed by atoms with Crippen molar-refractivity contribution in [2.45, 2.75) is 19.0 Å². The molecule has 1 aromatic heterocycles. The van der Waals surface area contributed by atoms with Gasteiger partial charge >= 0.3 is 12.1 Å². The summed E-state index contributed by atoms with van der Waals surface area (Å²) in [6, 6.07) is 3.02. The van der Waals surface area contributed by atoms with Crippen LogP contribution in [0.1, 0.15) is 10.4 Å². The van der Waals surface area contributed by atoms with E-state index in [1.165, 1.54) is 17.4 Å². The second-order valence-corrected chi connectivity index (χ2v) is 4.75. The molecule has 92 valence electrons. The van der Waals surface area contributed by atoms with Crippen molar-refractivity contribution in [1.29, 1.82) is 0 Å². The number of aryl methyl sites for hydroxylation is 1. The summed E-state index contributed by atoms with van der Waals surface area (Å²) in [6.07, 6.45) is -5.56. The van der Waals surface area contributed by atoms with Gasteiger partial charge in [-0.3, -0.25) is 0 Å². The van der Waals surface area contributed by atoms with Crippen LogP contribution in [-0.4, -0.2) is 6.18 Å². The molecule has 0 nitrogen and oxygen atoms in total. The van der Waals surface area contributed by atoms with Crippen molar-refractivity contribution in [2.24, 2.45) is 0 Å². The number of alkyl halides is 5. The van der Waals surface area contributed by atoms with E-state index in [1.54, 1.807) is 12.3 Å². The number of rotatable bonds is 1. The molecule has 0 saturated carbocycles. The normalized spacial score (nSPS) is 13.3. The van der Waals surface area contributed by atoms with Crippen molar-refractivity contribution in [3.05, 3.63) is 34.0 Å². The number of benzene rings is 1. The first-order chi connectivity index (χ1) is 7.73. The van der Waals surface area contributed by atoms with E-state index in [0.717, 1.165) is 17.0 Å². The maximum atomic E-state index is 13.1. The highest BCUT2D eigenvalue weighted by molar-refractivity contribution is 7.11. The first-order valence-electron chi connectivity index (χ1n) is 4.66. The molecule has 0 aliphatic rings. The van der Waals surface area contributed by atoms with Crippen LogP contribution in [0.5, 0.6) is 0 Å². The summed E-state index contributed by atoms with van der Waals surface area (Å²) in [4.78, 5) is 0.722. The van der Waals surface area contributed by atoms with Gasteiger partial charge in [0, 0.05) is 10.4 Å². The van der Waals surface area contributed by atoms with Crippen LogP contribution in [0.2, 0.25) is 0 Å². The fraction of sp³-hybridized carbons (Fsp3) is 0.273. The Morgan fingerprint density at radius 3 is 2.29 bits per heavy atom. The van der Waals surface area contributed by atoms with Gasteiger partial charge in [-0.15, -0.1) is 11.3 Å². The van der Waals surface area contributed by atoms with Crippen LogP contribution in [-0.2, 0) is 5.92 Å². The first-order valence-corrected chi connectivity index (χ1v) is 5.54. The minimum Gasteiger partial charge on any atom is -0.191 e. The first kappa shape index (κ1) is 12.3. The average Bonchev–Trinajstić information content (AvgIpc) is 2.58. The quantitative estimate of drug-likeness (QED) is 0.646. The molecule has 17 heavy (non-hydrogen) atoms. The SMILES string of the molecule is Cc1scc2ccc(C(F)(F)C(F)(F)F)cc12. The molecular formula is C11H7F5S. The van der Waals surface area contributed by atoms with Gasteiger partial charge in [-0.25, -0.2) is 0 Å². The van der Waals surface area contributed by atoms with E-state index in [0.29, 0.717) is 10.8 Å². The molecule has 0 saturated heterocycles. The Kier molecular flexibility index (Phi) is 2.65. The maximum absolute atomic E-state index is 13.1. The van der Waals surface area contributed by atoms with Crippen molar-refractivity contribution in [3.63, 3.8) is 0 Å². The Hall–Kier alpha value is -1.17. The van der Waals surface area contributed by atoms with Gasteiger partial charge < -0.3 is 0 Å². The monoisotopic (exact) mass is 266 g/mol. The molecular weight excluding hydrogens is 259 g/mol. The van der Waals surface area contributed by atoms with Crippen LogP contribution in [0.4, 0.5) is 22.0 Å². The highest BCUT2D eigenvalue weighted by Gasteiger charge is 2.58. The summed E-state index contributed by atoms with van der Waals surface area (Å²) in [5.74, 6) is -4.81. The van der Waals surface area contributed by atoms with Crippen LogP contribution >= 0.6 is 11.3 Å². The van der Waals surface area contributed by atoms with E-state index in [9.17, 15) is 22.0 Å². The van der Waals surface area contributed by atoms with Crippen molar-refractivity contribution in [3.8, 4) is 0 Å². The minimum absolute atomic E-state index is 0.441. The van der Waals surface area contributed by atoms with Gasteiger partial charge in [0.15, 0.2) is 0 Å². The molecule has 0 N–H and O–H groups in total. The van der Waals surface area contributed by atoms with Gasteiger partial charge in [0.2, 0.25) is 0 Å². The van der Waals surface area contributed by atoms with Gasteiger partial charge in [0.05, 0.1) is 0 Å². The number of hydrogen-bond donors (Lipinski definition) is 0. The third-order valence-corrected chi connectivity index (χ3v) is 3.46. The zero-order valence-electron chi connectivity index (χ0n) is 8.61. The highest BCUT2D eigenvalue weighted by Crippen LogP contribution is 2.44. The second kappa shape index (κ2) is 3.66. The zero-order valence-corrected chi connectivity index (χ0v) is 9.42. The van der Waals surface area contributed by atoms with Crippen molar-refractivity contribution in [2.75, 3.05) is 0 Å². The number of hydrogen-bond acceptors (Lipinski definition) is 1. The van der Waals surface area contributed by atoms with E-state index < -0.39 is 17.7 Å². The molecule has 0 fully saturated rings. The average molecular weight is 266 g/mol. The maximum Gasteiger partial charge on any atom is 0.458 e. The largest absolute Gasteiger partial charge is 0.458 e. The predicted octanol–water partition coefficient (Wildman–Crippen LogP) is 4.86. The summed E-state index contributed by atoms with van der Waals surface area (Å²) < 4.78 is 62.8. The van der Waals surface area contributed by atoms with Gasteiger partial charge in [0.25, 0.3) is 0 Å². The molecule has 0 spiro atoms. The lowest BCUT2D eigenvalue weighted by Crippen LogP contribution is -2.33. The van der Waals surface area contributed by atoms with Crippen molar-refractivity contribution >= 4 is 22.1 Å². The molecule has 1 aromatic carbocycles. The number of halogens is 5. The van der Waals surface area contributed by atoms with Crippen LogP contribution in [0.15, 0.2) is 23.6 Å². The van der Waals surface area contributed by atoms with Gasteiger partial charge in [-0.1, -0.05) is 12.1 Å². The van der Waals surface area contributed by atoms with Crippen LogP contribution in [0.25, 0.3) is 10.8 Å². The third kappa shape index (κ3) is 1.90. The molecule has 0 radical (unpaired) electrons. The Balaban J connectivity index is 2.60. The topological polar surface area (TPSA) is 0 Å². The molecule has 0 atom stereocenters. The number of fused-ring (bicyclic) bond motifs is 1. The molecule has 0 aliphatic carbocycles. The summed E-state index contributed by atoms with van der Waals surface area (Å²) in [6.45, 7) is 1.68. The Morgan fingerprint density at radius 1 is 1.06 bits per heavy atom. The fourth-order valence-electron chi connectivity index (χ4n) is 1.54. The van der Waals surface area contributed by atoms with E-state index in [1.807, 2.05) is 0 Å². The standard InChI is InChI=1S/C11H7F5S/c1-6-9-4-8(3-2-7(9)5-17-6)10(12,13)11(14,15)16/h2-5H,1H3. The predicted molar refractivity (Wildman–Crippen MR) is 56.5 cm³/mol. The van der Waals surface area contributed by atoms with Crippen LogP contribution < -0.4 is 0 Å². The van der Waals surface area contributed by atoms with Gasteiger partial charge in [-0.2, -0.15) is 22.0 Å². The van der Waals surface area contributed by atoms with E-state index in [4.69, 9.17) is 0 Å². The minimum atomic E-state index is -5.56. The zero-order chi connectivity index (χ0) is 12.8. The molecule has 0 bridgehead atoms. The Labute approximate surface area is 97.7 Å². The van der Waals surface area contributed by atoms with Crippen LogP contribution in [0.3, 0.4) is 0 Å². The van der Waals surface area contributed by atoms with E-state index in [-0.39, 0.29) is 0 Å². The molecule has 0 aliphatic heterocycles. The molecule has 0 amide bonds. The molecule has 2 aromatic rings. The lowest BCUT2D eigenvalue weighted by atomic mass is 10.0. The lowest BCUT2D eigenvalue weighted by Gasteiger charge is -2.19. The van der Waals surface area contributed by atoms with Crippen molar-refractivity contribution in [1.82, 2.24) is 0 Å². The summed E-state index contributed by atoms with van der Waals surface area (Å²) in [5.41, 5.74) is -1.01. The molecule has 0 unspecified atom stereocenters. The van der Waals surface area contributed by atoms with Crippen LogP contribution in [0, 0.1) is 6.92 Å². The highest BCUT2D eigenvalue weighted by atomic mass is 32.1. The Bertz CT molecular complexity index is 552. The summed E-state index contributed by atoms with van der Waals surface area (Å²) in [7, 11) is 0. The van der Waals surface area contributed by atoms with Gasteiger partial charge in [0.1, 0.15) is 0 Å². The summed E-state index contributed by atoms with van der Waals surface area (Å²) >= 11 is 1.32. The summed E-state index contributed by atoms with van der Waals surface area (Å²) in [5, 5.41) is 2.84. The smallest absolute Gasteiger partial charge is 0.191 e. The van der Waals surface area contributed by atoms with Crippen molar-refractivity contribution < 1.29 is 22.0 Å². The third-order valence-electron chi connectivity index (χ3n) is 2.51. The van der Waals surface area contributed by atoms with E-state index in [2.05, 4.69) is 0 Å². The van der Waals surface area contributed by atoms with Gasteiger partial charge in [-0.05, 0) is 29.1 Å². The molecule has 1 heterocycles. The fourth-order valence-corrected chi connectivity index (χ4v) is 2.35. The number of thiophene rings is 1. The lowest BCUT2D eigenvalue weighted by molar-refractivity contribution is -0.289. The molecule has 2 rings (SSSR count).